The van der Waals surface area contributed by atoms with Gasteiger partial charge in [-0.05, 0) is 36.6 Å². The van der Waals surface area contributed by atoms with Gasteiger partial charge in [-0.1, -0.05) is 41.1 Å². The van der Waals surface area contributed by atoms with E-state index in [-0.39, 0.29) is 5.92 Å². The molecule has 1 saturated heterocycles. The largest absolute Gasteiger partial charge is 0.234 e. The Morgan fingerprint density at radius 3 is 2.52 bits per heavy atom. The fourth-order valence-corrected chi connectivity index (χ4v) is 4.90. The first-order valence-corrected chi connectivity index (χ1v) is 11.6. The quantitative estimate of drug-likeness (QED) is 0.643. The summed E-state index contributed by atoms with van der Waals surface area (Å²) in [6, 6.07) is 7.59. The SMILES string of the molecule is CS(=O)(=O)N1CCC(c2nnc3sc(/C=C/c4ccc(Cl)cc4)nn23)CC1. The van der Waals surface area contributed by atoms with Crippen molar-refractivity contribution in [1.29, 1.82) is 0 Å². The van der Waals surface area contributed by atoms with Gasteiger partial charge in [-0.25, -0.2) is 12.7 Å². The molecule has 27 heavy (non-hydrogen) atoms. The first-order valence-electron chi connectivity index (χ1n) is 8.51. The van der Waals surface area contributed by atoms with Gasteiger partial charge in [0.15, 0.2) is 5.82 Å². The summed E-state index contributed by atoms with van der Waals surface area (Å²) < 4.78 is 26.6. The summed E-state index contributed by atoms with van der Waals surface area (Å²) in [7, 11) is -3.13. The molecule has 1 aliphatic heterocycles. The van der Waals surface area contributed by atoms with Crippen LogP contribution in [0.2, 0.25) is 5.02 Å². The van der Waals surface area contributed by atoms with Crippen molar-refractivity contribution in [3.8, 4) is 0 Å². The van der Waals surface area contributed by atoms with Gasteiger partial charge in [0.1, 0.15) is 5.01 Å². The normalized spacial score (nSPS) is 17.3. The zero-order chi connectivity index (χ0) is 19.0. The second kappa shape index (κ2) is 7.31. The molecule has 0 atom stereocenters. The van der Waals surface area contributed by atoms with E-state index in [1.807, 2.05) is 36.4 Å². The lowest BCUT2D eigenvalue weighted by Crippen LogP contribution is -2.37. The van der Waals surface area contributed by atoms with E-state index in [0.717, 1.165) is 34.2 Å². The van der Waals surface area contributed by atoms with E-state index in [9.17, 15) is 8.42 Å². The van der Waals surface area contributed by atoms with Gasteiger partial charge in [-0.3, -0.25) is 0 Å². The molecule has 0 amide bonds. The van der Waals surface area contributed by atoms with E-state index in [1.165, 1.54) is 21.9 Å². The fraction of sp³-hybridized carbons (Fsp3) is 0.353. The number of hydrogen-bond donors (Lipinski definition) is 0. The molecule has 0 spiro atoms. The number of halogens is 1. The number of sulfonamides is 1. The van der Waals surface area contributed by atoms with Crippen LogP contribution in [-0.2, 0) is 10.0 Å². The predicted molar refractivity (Wildman–Crippen MR) is 107 cm³/mol. The number of hydrogen-bond acceptors (Lipinski definition) is 6. The molecule has 0 N–H and O–H groups in total. The van der Waals surface area contributed by atoms with Gasteiger partial charge >= 0.3 is 0 Å². The smallest absolute Gasteiger partial charge is 0.213 e. The Hall–Kier alpha value is -1.81. The first-order chi connectivity index (χ1) is 12.9. The molecule has 7 nitrogen and oxygen atoms in total. The van der Waals surface area contributed by atoms with Gasteiger partial charge in [0.05, 0.1) is 6.26 Å². The number of rotatable bonds is 4. The summed E-state index contributed by atoms with van der Waals surface area (Å²) in [5, 5.41) is 14.7. The van der Waals surface area contributed by atoms with Crippen molar-refractivity contribution in [3.05, 3.63) is 45.7 Å². The summed E-state index contributed by atoms with van der Waals surface area (Å²) in [6.07, 6.45) is 6.62. The van der Waals surface area contributed by atoms with Crippen molar-refractivity contribution >= 4 is 50.1 Å². The number of piperidine rings is 1. The van der Waals surface area contributed by atoms with Crippen LogP contribution in [-0.4, -0.2) is 51.9 Å². The summed E-state index contributed by atoms with van der Waals surface area (Å²) >= 11 is 7.37. The van der Waals surface area contributed by atoms with Crippen molar-refractivity contribution < 1.29 is 8.42 Å². The van der Waals surface area contributed by atoms with E-state index in [2.05, 4.69) is 15.3 Å². The van der Waals surface area contributed by atoms with Gasteiger partial charge in [0.2, 0.25) is 15.0 Å². The molecule has 0 aliphatic carbocycles. The van der Waals surface area contributed by atoms with Crippen LogP contribution >= 0.6 is 22.9 Å². The zero-order valence-corrected chi connectivity index (χ0v) is 17.0. The third-order valence-electron chi connectivity index (χ3n) is 4.61. The molecular weight excluding hydrogens is 406 g/mol. The van der Waals surface area contributed by atoms with Crippen molar-refractivity contribution in [3.63, 3.8) is 0 Å². The van der Waals surface area contributed by atoms with Crippen molar-refractivity contribution in [2.45, 2.75) is 18.8 Å². The standard InChI is InChI=1S/C17H18ClN5O2S2/c1-27(24,25)22-10-8-13(9-11-22)16-19-20-17-23(16)21-15(26-17)7-4-12-2-5-14(18)6-3-12/h2-7,13H,8-11H2,1H3/b7-4+. The maximum absolute atomic E-state index is 11.7. The topological polar surface area (TPSA) is 80.5 Å². The Morgan fingerprint density at radius 2 is 1.85 bits per heavy atom. The Morgan fingerprint density at radius 1 is 1.15 bits per heavy atom. The highest BCUT2D eigenvalue weighted by atomic mass is 35.5. The second-order valence-electron chi connectivity index (χ2n) is 6.51. The summed E-state index contributed by atoms with van der Waals surface area (Å²) in [4.78, 5) is 0.742. The molecule has 3 aromatic rings. The van der Waals surface area contributed by atoms with Gasteiger partial charge in [0, 0.05) is 24.0 Å². The average molecular weight is 424 g/mol. The lowest BCUT2D eigenvalue weighted by atomic mass is 9.97. The predicted octanol–water partition coefficient (Wildman–Crippen LogP) is 3.15. The molecule has 3 heterocycles. The van der Waals surface area contributed by atoms with Crippen LogP contribution in [0.25, 0.3) is 17.1 Å². The minimum absolute atomic E-state index is 0.160. The molecule has 2 aromatic heterocycles. The number of benzene rings is 1. The molecule has 0 unspecified atom stereocenters. The molecule has 0 radical (unpaired) electrons. The molecule has 4 rings (SSSR count). The Kier molecular flexibility index (Phi) is 5.02. The van der Waals surface area contributed by atoms with Gasteiger partial charge in [-0.15, -0.1) is 10.2 Å². The third kappa shape index (κ3) is 4.06. The van der Waals surface area contributed by atoms with Crippen LogP contribution in [0.5, 0.6) is 0 Å². The third-order valence-corrected chi connectivity index (χ3v) is 7.03. The van der Waals surface area contributed by atoms with E-state index in [4.69, 9.17) is 11.6 Å². The lowest BCUT2D eigenvalue weighted by molar-refractivity contribution is 0.313. The van der Waals surface area contributed by atoms with Crippen LogP contribution in [0.15, 0.2) is 24.3 Å². The highest BCUT2D eigenvalue weighted by Gasteiger charge is 2.29. The maximum atomic E-state index is 11.7. The van der Waals surface area contributed by atoms with Crippen LogP contribution in [0.3, 0.4) is 0 Å². The lowest BCUT2D eigenvalue weighted by Gasteiger charge is -2.28. The minimum atomic E-state index is -3.13. The van der Waals surface area contributed by atoms with Gasteiger partial charge < -0.3 is 0 Å². The average Bonchev–Trinajstić information content (AvgIpc) is 3.21. The minimum Gasteiger partial charge on any atom is -0.213 e. The molecule has 1 aromatic carbocycles. The summed E-state index contributed by atoms with van der Waals surface area (Å²) in [6.45, 7) is 1.01. The zero-order valence-electron chi connectivity index (χ0n) is 14.6. The van der Waals surface area contributed by atoms with Crippen LogP contribution in [0.1, 0.15) is 35.2 Å². The monoisotopic (exact) mass is 423 g/mol. The summed E-state index contributed by atoms with van der Waals surface area (Å²) in [5.41, 5.74) is 1.04. The highest BCUT2D eigenvalue weighted by molar-refractivity contribution is 7.88. The number of fused-ring (bicyclic) bond motifs is 1. The van der Waals surface area contributed by atoms with E-state index < -0.39 is 10.0 Å². The summed E-state index contributed by atoms with van der Waals surface area (Å²) in [5.74, 6) is 0.966. The van der Waals surface area contributed by atoms with E-state index in [0.29, 0.717) is 18.1 Å². The van der Waals surface area contributed by atoms with Crippen LogP contribution in [0.4, 0.5) is 0 Å². The molecule has 1 fully saturated rings. The van der Waals surface area contributed by atoms with Crippen LogP contribution in [0, 0.1) is 0 Å². The first kappa shape index (κ1) is 18.5. The Bertz CT molecular complexity index is 1080. The van der Waals surface area contributed by atoms with Gasteiger partial charge in [0.25, 0.3) is 0 Å². The Balaban J connectivity index is 1.52. The second-order valence-corrected chi connectivity index (χ2v) is 9.92. The molecule has 10 heteroatoms. The highest BCUT2D eigenvalue weighted by Crippen LogP contribution is 2.29. The Labute approximate surface area is 166 Å². The molecule has 0 saturated carbocycles. The molecule has 0 bridgehead atoms. The van der Waals surface area contributed by atoms with Crippen molar-refractivity contribution in [1.82, 2.24) is 24.1 Å². The number of aromatic nitrogens is 4. The molecule has 1 aliphatic rings. The fourth-order valence-electron chi connectivity index (χ4n) is 3.16. The molecular formula is C17H18ClN5O2S2. The van der Waals surface area contributed by atoms with E-state index in [1.54, 1.807) is 4.52 Å². The maximum Gasteiger partial charge on any atom is 0.234 e. The van der Waals surface area contributed by atoms with Crippen molar-refractivity contribution in [2.24, 2.45) is 0 Å². The van der Waals surface area contributed by atoms with E-state index >= 15 is 0 Å². The number of nitrogens with zero attached hydrogens (tertiary/aromatic N) is 5. The van der Waals surface area contributed by atoms with Crippen LogP contribution < -0.4 is 0 Å². The van der Waals surface area contributed by atoms with Gasteiger partial charge in [-0.2, -0.15) is 9.61 Å². The van der Waals surface area contributed by atoms with Crippen molar-refractivity contribution in [2.75, 3.05) is 19.3 Å². The molecule has 142 valence electrons.